The second-order valence-corrected chi connectivity index (χ2v) is 4.77. The van der Waals surface area contributed by atoms with Crippen molar-refractivity contribution in [1.82, 2.24) is 15.3 Å². The lowest BCUT2D eigenvalue weighted by atomic mass is 10.2. The molecule has 0 aliphatic carbocycles. The van der Waals surface area contributed by atoms with Crippen LogP contribution in [0.3, 0.4) is 0 Å². The van der Waals surface area contributed by atoms with E-state index in [0.717, 1.165) is 18.0 Å². The Hall–Kier alpha value is -2.30. The number of H-pyrrole nitrogens is 1. The fourth-order valence-electron chi connectivity index (χ4n) is 2.04. The van der Waals surface area contributed by atoms with Crippen LogP contribution in [-0.4, -0.2) is 22.5 Å². The molecular weight excluding hydrogens is 266 g/mol. The average molecular weight is 287 g/mol. The van der Waals surface area contributed by atoms with Crippen molar-refractivity contribution in [3.63, 3.8) is 0 Å². The molecule has 1 heterocycles. The molecule has 0 saturated heterocycles. The number of imidazole rings is 1. The third-order valence-corrected chi connectivity index (χ3v) is 3.15. The zero-order chi connectivity index (χ0) is 14.9. The first-order chi connectivity index (χ1) is 10.3. The minimum absolute atomic E-state index is 0.0231. The summed E-state index contributed by atoms with van der Waals surface area (Å²) >= 11 is 0. The van der Waals surface area contributed by atoms with Crippen molar-refractivity contribution in [1.29, 1.82) is 0 Å². The summed E-state index contributed by atoms with van der Waals surface area (Å²) in [5.74, 6) is 1.65. The molecule has 0 saturated carbocycles. The number of aromatic amines is 1. The van der Waals surface area contributed by atoms with Crippen LogP contribution < -0.4 is 10.1 Å². The predicted octanol–water partition coefficient (Wildman–Crippen LogP) is 2.84. The van der Waals surface area contributed by atoms with Crippen molar-refractivity contribution in [2.45, 2.75) is 32.2 Å². The summed E-state index contributed by atoms with van der Waals surface area (Å²) in [6.07, 6.45) is 5.40. The summed E-state index contributed by atoms with van der Waals surface area (Å²) in [5.41, 5.74) is 0. The van der Waals surface area contributed by atoms with E-state index in [9.17, 15) is 4.79 Å². The van der Waals surface area contributed by atoms with E-state index in [4.69, 9.17) is 4.74 Å². The molecule has 2 N–H and O–H groups in total. The summed E-state index contributed by atoms with van der Waals surface area (Å²) in [5, 5.41) is 2.98. The quantitative estimate of drug-likeness (QED) is 0.734. The highest BCUT2D eigenvalue weighted by Gasteiger charge is 2.14. The number of ether oxygens (including phenoxy) is 1. The van der Waals surface area contributed by atoms with E-state index in [1.54, 1.807) is 12.4 Å². The highest BCUT2D eigenvalue weighted by molar-refractivity contribution is 5.76. The van der Waals surface area contributed by atoms with Gasteiger partial charge in [0.2, 0.25) is 5.91 Å². The molecule has 21 heavy (non-hydrogen) atoms. The highest BCUT2D eigenvalue weighted by atomic mass is 16.5. The number of hydrogen-bond donors (Lipinski definition) is 2. The number of rotatable bonds is 8. The molecule has 0 aliphatic rings. The molecule has 0 spiro atoms. The maximum absolute atomic E-state index is 11.9. The number of nitrogens with one attached hydrogen (secondary N) is 2. The Bertz CT molecular complexity index is 526. The Balaban J connectivity index is 1.67. The highest BCUT2D eigenvalue weighted by Crippen LogP contribution is 2.12. The van der Waals surface area contributed by atoms with Crippen LogP contribution in [0, 0.1) is 0 Å². The van der Waals surface area contributed by atoms with Gasteiger partial charge in [-0.1, -0.05) is 25.1 Å². The van der Waals surface area contributed by atoms with E-state index >= 15 is 0 Å². The second-order valence-electron chi connectivity index (χ2n) is 4.77. The molecule has 1 aromatic heterocycles. The lowest BCUT2D eigenvalue weighted by Crippen LogP contribution is -2.28. The number of nitrogens with zero attached hydrogens (tertiary/aromatic N) is 1. The van der Waals surface area contributed by atoms with Gasteiger partial charge in [0.1, 0.15) is 11.6 Å². The van der Waals surface area contributed by atoms with Gasteiger partial charge in [0.25, 0.3) is 0 Å². The van der Waals surface area contributed by atoms with Gasteiger partial charge in [-0.25, -0.2) is 4.98 Å². The van der Waals surface area contributed by atoms with Gasteiger partial charge < -0.3 is 15.0 Å². The van der Waals surface area contributed by atoms with Crippen molar-refractivity contribution in [3.05, 3.63) is 48.5 Å². The summed E-state index contributed by atoms with van der Waals surface area (Å²) in [4.78, 5) is 19.1. The molecule has 0 fully saturated rings. The van der Waals surface area contributed by atoms with Gasteiger partial charge in [-0.3, -0.25) is 4.79 Å². The number of para-hydroxylation sites is 1. The smallest absolute Gasteiger partial charge is 0.220 e. The van der Waals surface area contributed by atoms with Crippen molar-refractivity contribution >= 4 is 5.91 Å². The van der Waals surface area contributed by atoms with Gasteiger partial charge in [-0.2, -0.15) is 0 Å². The Kier molecular flexibility index (Phi) is 5.82. The van der Waals surface area contributed by atoms with Crippen molar-refractivity contribution in [3.8, 4) is 5.75 Å². The van der Waals surface area contributed by atoms with E-state index in [1.807, 2.05) is 37.3 Å². The van der Waals surface area contributed by atoms with Gasteiger partial charge >= 0.3 is 0 Å². The fraction of sp³-hybridized carbons (Fsp3) is 0.375. The molecule has 112 valence electrons. The van der Waals surface area contributed by atoms with Crippen molar-refractivity contribution in [2.75, 3.05) is 6.61 Å². The van der Waals surface area contributed by atoms with Crippen LogP contribution in [0.25, 0.3) is 0 Å². The SMILES string of the molecule is CCC(NC(=O)CCCOc1ccccc1)c1ncc[nH]1. The zero-order valence-electron chi connectivity index (χ0n) is 12.2. The molecule has 5 heteroatoms. The first-order valence-electron chi connectivity index (χ1n) is 7.26. The van der Waals surface area contributed by atoms with Gasteiger partial charge in [0, 0.05) is 18.8 Å². The van der Waals surface area contributed by atoms with Crippen LogP contribution in [0.4, 0.5) is 0 Å². The number of carbonyl (C=O) groups is 1. The Morgan fingerprint density at radius 1 is 1.38 bits per heavy atom. The predicted molar refractivity (Wildman–Crippen MR) is 80.9 cm³/mol. The van der Waals surface area contributed by atoms with Crippen LogP contribution in [0.1, 0.15) is 38.1 Å². The normalized spacial score (nSPS) is 11.9. The lowest BCUT2D eigenvalue weighted by Gasteiger charge is -2.14. The number of hydrogen-bond acceptors (Lipinski definition) is 3. The van der Waals surface area contributed by atoms with Crippen LogP contribution >= 0.6 is 0 Å². The molecule has 1 aromatic carbocycles. The zero-order valence-corrected chi connectivity index (χ0v) is 12.2. The minimum atomic E-state index is -0.0532. The van der Waals surface area contributed by atoms with Crippen LogP contribution in [0.15, 0.2) is 42.7 Å². The lowest BCUT2D eigenvalue weighted by molar-refractivity contribution is -0.122. The largest absolute Gasteiger partial charge is 0.494 e. The summed E-state index contributed by atoms with van der Waals surface area (Å²) < 4.78 is 5.56. The summed E-state index contributed by atoms with van der Waals surface area (Å²) in [6, 6.07) is 9.56. The van der Waals surface area contributed by atoms with Crippen LogP contribution in [0.2, 0.25) is 0 Å². The van der Waals surface area contributed by atoms with E-state index in [0.29, 0.717) is 19.4 Å². The summed E-state index contributed by atoms with van der Waals surface area (Å²) in [6.45, 7) is 2.56. The van der Waals surface area contributed by atoms with Crippen LogP contribution in [-0.2, 0) is 4.79 Å². The molecular formula is C16H21N3O2. The molecule has 1 unspecified atom stereocenters. The number of aromatic nitrogens is 2. The monoisotopic (exact) mass is 287 g/mol. The van der Waals surface area contributed by atoms with E-state index in [1.165, 1.54) is 0 Å². The van der Waals surface area contributed by atoms with Gasteiger partial charge in [0.05, 0.1) is 12.6 Å². The average Bonchev–Trinajstić information content (AvgIpc) is 3.04. The molecule has 2 rings (SSSR count). The molecule has 5 nitrogen and oxygen atoms in total. The Labute approximate surface area is 124 Å². The molecule has 1 amide bonds. The third-order valence-electron chi connectivity index (χ3n) is 3.15. The van der Waals surface area contributed by atoms with E-state index < -0.39 is 0 Å². The van der Waals surface area contributed by atoms with Crippen molar-refractivity contribution < 1.29 is 9.53 Å². The number of amides is 1. The second kappa shape index (κ2) is 8.09. The van der Waals surface area contributed by atoms with Gasteiger partial charge in [-0.05, 0) is 25.0 Å². The minimum Gasteiger partial charge on any atom is -0.494 e. The topological polar surface area (TPSA) is 67.0 Å². The van der Waals surface area contributed by atoms with Crippen LogP contribution in [0.5, 0.6) is 5.75 Å². The van der Waals surface area contributed by atoms with E-state index in [-0.39, 0.29) is 11.9 Å². The Morgan fingerprint density at radius 3 is 2.86 bits per heavy atom. The Morgan fingerprint density at radius 2 is 2.19 bits per heavy atom. The van der Waals surface area contributed by atoms with Gasteiger partial charge in [0.15, 0.2) is 0 Å². The van der Waals surface area contributed by atoms with Crippen molar-refractivity contribution in [2.24, 2.45) is 0 Å². The third kappa shape index (κ3) is 4.95. The standard InChI is InChI=1S/C16H21N3O2/c1-2-14(16-17-10-11-18-16)19-15(20)9-6-12-21-13-7-4-3-5-8-13/h3-5,7-8,10-11,14H,2,6,9,12H2,1H3,(H,17,18)(H,19,20). The van der Waals surface area contributed by atoms with E-state index in [2.05, 4.69) is 15.3 Å². The number of benzene rings is 1. The molecule has 0 bridgehead atoms. The first kappa shape index (κ1) is 15.1. The summed E-state index contributed by atoms with van der Waals surface area (Å²) in [7, 11) is 0. The fourth-order valence-corrected chi connectivity index (χ4v) is 2.04. The number of carbonyl (C=O) groups excluding carboxylic acids is 1. The van der Waals surface area contributed by atoms with Gasteiger partial charge in [-0.15, -0.1) is 0 Å². The molecule has 0 radical (unpaired) electrons. The maximum Gasteiger partial charge on any atom is 0.220 e. The maximum atomic E-state index is 11.9. The molecule has 0 aliphatic heterocycles. The molecule has 1 atom stereocenters. The first-order valence-corrected chi connectivity index (χ1v) is 7.26. The molecule has 2 aromatic rings.